The van der Waals surface area contributed by atoms with Crippen molar-refractivity contribution in [2.24, 2.45) is 5.41 Å². The minimum Gasteiger partial charge on any atom is -0.444 e. The predicted molar refractivity (Wildman–Crippen MR) is 122 cm³/mol. The Kier molecular flexibility index (Phi) is 5.14. The zero-order valence-corrected chi connectivity index (χ0v) is 19.7. The van der Waals surface area contributed by atoms with Crippen LogP contribution < -0.4 is 0 Å². The Labute approximate surface area is 194 Å². The van der Waals surface area contributed by atoms with E-state index in [1.165, 1.54) is 6.33 Å². The summed E-state index contributed by atoms with van der Waals surface area (Å²) in [6.45, 7) is 8.41. The van der Waals surface area contributed by atoms with Gasteiger partial charge in [0.05, 0.1) is 11.7 Å². The first-order valence-corrected chi connectivity index (χ1v) is 11.7. The first-order valence-electron chi connectivity index (χ1n) is 11.7. The van der Waals surface area contributed by atoms with E-state index >= 15 is 0 Å². The molecular weight excluding hydrogens is 418 g/mol. The Morgan fingerprint density at radius 2 is 1.85 bits per heavy atom. The highest BCUT2D eigenvalue weighted by molar-refractivity contribution is 5.94. The second-order valence-corrected chi connectivity index (χ2v) is 10.7. The van der Waals surface area contributed by atoms with Gasteiger partial charge in [-0.15, -0.1) is 0 Å². The number of rotatable bonds is 2. The molecular formula is C25H31N5O3. The maximum atomic E-state index is 13.8. The van der Waals surface area contributed by atoms with Gasteiger partial charge in [-0.2, -0.15) is 0 Å². The monoisotopic (exact) mass is 449 g/mol. The predicted octanol–water partition coefficient (Wildman–Crippen LogP) is 3.93. The first kappa shape index (κ1) is 21.8. The minimum atomic E-state index is -0.552. The van der Waals surface area contributed by atoms with Gasteiger partial charge in [0, 0.05) is 42.0 Å². The lowest BCUT2D eigenvalue weighted by molar-refractivity contribution is -0.0247. The maximum Gasteiger partial charge on any atom is 0.410 e. The van der Waals surface area contributed by atoms with Crippen molar-refractivity contribution < 1.29 is 14.3 Å². The van der Waals surface area contributed by atoms with Gasteiger partial charge >= 0.3 is 6.09 Å². The lowest BCUT2D eigenvalue weighted by atomic mass is 9.66. The van der Waals surface area contributed by atoms with Crippen molar-refractivity contribution in [3.05, 3.63) is 42.6 Å². The van der Waals surface area contributed by atoms with Crippen molar-refractivity contribution in [2.45, 2.75) is 77.1 Å². The molecule has 3 fully saturated rings. The van der Waals surface area contributed by atoms with E-state index < -0.39 is 5.60 Å². The highest BCUT2D eigenvalue weighted by atomic mass is 16.6. The fourth-order valence-corrected chi connectivity index (χ4v) is 6.10. The van der Waals surface area contributed by atoms with Crippen molar-refractivity contribution in [3.63, 3.8) is 0 Å². The number of carbonyl (C=O) groups excluding carboxylic acids is 2. The van der Waals surface area contributed by atoms with Crippen LogP contribution in [0.25, 0.3) is 11.3 Å². The molecule has 0 N–H and O–H groups in total. The highest BCUT2D eigenvalue weighted by Gasteiger charge is 2.62. The third kappa shape index (κ3) is 3.75. The molecule has 2 aromatic heterocycles. The standard InChI is InChI=1S/C25H31N5O3/c1-24(2,3)33-23(32)29-14-17-11-25(4)20(29)9-6-10-21(25)30(17)22(31)19-8-5-7-18(28-19)16-12-26-15-27-13-16/h5,7-8,12-13,15,17,20-21H,6,9-11,14H2,1-4H3/t17-,20+,21-,25+/m0/s1. The summed E-state index contributed by atoms with van der Waals surface area (Å²) < 4.78 is 5.74. The molecule has 2 bridgehead atoms. The van der Waals surface area contributed by atoms with Crippen LogP contribution in [0.4, 0.5) is 4.79 Å². The van der Waals surface area contributed by atoms with Crippen LogP contribution in [0, 0.1) is 5.41 Å². The van der Waals surface area contributed by atoms with Gasteiger partial charge in [-0.3, -0.25) is 4.79 Å². The number of ether oxygens (including phenoxy) is 1. The third-order valence-corrected chi connectivity index (χ3v) is 7.35. The summed E-state index contributed by atoms with van der Waals surface area (Å²) in [5.74, 6) is -0.0703. The third-order valence-electron chi connectivity index (χ3n) is 7.35. The molecule has 2 aromatic rings. The van der Waals surface area contributed by atoms with Crippen molar-refractivity contribution in [3.8, 4) is 11.3 Å². The van der Waals surface area contributed by atoms with E-state index in [0.717, 1.165) is 31.2 Å². The Bertz CT molecular complexity index is 1070. The quantitative estimate of drug-likeness (QED) is 0.690. The molecule has 2 aliphatic heterocycles. The van der Waals surface area contributed by atoms with E-state index in [2.05, 4.69) is 21.9 Å². The number of amides is 2. The fourth-order valence-electron chi connectivity index (χ4n) is 6.10. The molecule has 1 aliphatic carbocycles. The van der Waals surface area contributed by atoms with Crippen LogP contribution in [0.3, 0.4) is 0 Å². The summed E-state index contributed by atoms with van der Waals surface area (Å²) in [6, 6.07) is 5.61. The van der Waals surface area contributed by atoms with E-state index in [1.54, 1.807) is 18.5 Å². The molecule has 0 radical (unpaired) electrons. The van der Waals surface area contributed by atoms with E-state index in [-0.39, 0.29) is 35.5 Å². The molecule has 0 unspecified atom stereocenters. The maximum absolute atomic E-state index is 13.8. The molecule has 0 aromatic carbocycles. The number of hydrogen-bond donors (Lipinski definition) is 0. The van der Waals surface area contributed by atoms with Crippen molar-refractivity contribution in [2.75, 3.05) is 6.54 Å². The molecule has 174 valence electrons. The van der Waals surface area contributed by atoms with Crippen LogP contribution in [0.15, 0.2) is 36.9 Å². The topological polar surface area (TPSA) is 88.5 Å². The van der Waals surface area contributed by atoms with E-state index in [4.69, 9.17) is 4.74 Å². The van der Waals surface area contributed by atoms with Gasteiger partial charge in [0.2, 0.25) is 0 Å². The molecule has 8 heteroatoms. The number of aromatic nitrogens is 3. The van der Waals surface area contributed by atoms with Crippen molar-refractivity contribution in [1.82, 2.24) is 24.8 Å². The van der Waals surface area contributed by atoms with Crippen LogP contribution in [0.1, 0.15) is 63.9 Å². The van der Waals surface area contributed by atoms with Gasteiger partial charge in [0.25, 0.3) is 5.91 Å². The first-order chi connectivity index (χ1) is 15.7. The molecule has 3 aliphatic rings. The van der Waals surface area contributed by atoms with Crippen LogP contribution in [0.2, 0.25) is 0 Å². The molecule has 4 heterocycles. The smallest absolute Gasteiger partial charge is 0.410 e. The number of nitrogens with zero attached hydrogens (tertiary/aromatic N) is 5. The Morgan fingerprint density at radius 1 is 1.12 bits per heavy atom. The number of piperidine rings is 1. The summed E-state index contributed by atoms with van der Waals surface area (Å²) in [4.78, 5) is 43.6. The minimum absolute atomic E-state index is 0.0418. The molecule has 0 spiro atoms. The van der Waals surface area contributed by atoms with Gasteiger partial charge in [0.1, 0.15) is 17.6 Å². The average molecular weight is 450 g/mol. The SMILES string of the molecule is CC(C)(C)OC(=O)N1C[C@@H]2C[C@@]3(C)[C@H](CCC[C@@H]13)N2C(=O)c1cccc(-c2cncnc2)n1. The zero-order chi connectivity index (χ0) is 23.4. The summed E-state index contributed by atoms with van der Waals surface area (Å²) in [5.41, 5.74) is 1.17. The second kappa shape index (κ2) is 7.78. The molecule has 5 rings (SSSR count). The lowest BCUT2D eigenvalue weighted by Gasteiger charge is -2.49. The van der Waals surface area contributed by atoms with E-state index in [0.29, 0.717) is 17.9 Å². The average Bonchev–Trinajstić information content (AvgIpc) is 3.08. The van der Waals surface area contributed by atoms with Gasteiger partial charge in [-0.1, -0.05) is 13.0 Å². The number of pyridine rings is 1. The van der Waals surface area contributed by atoms with Gasteiger partial charge in [-0.25, -0.2) is 19.7 Å². The second-order valence-electron chi connectivity index (χ2n) is 10.7. The molecule has 2 saturated heterocycles. The van der Waals surface area contributed by atoms with Crippen LogP contribution >= 0.6 is 0 Å². The van der Waals surface area contributed by atoms with E-state index in [1.807, 2.05) is 42.7 Å². The molecule has 4 atom stereocenters. The number of likely N-dealkylation sites (tertiary alicyclic amines) is 2. The van der Waals surface area contributed by atoms with Crippen molar-refractivity contribution >= 4 is 12.0 Å². The van der Waals surface area contributed by atoms with E-state index in [9.17, 15) is 9.59 Å². The largest absolute Gasteiger partial charge is 0.444 e. The normalized spacial score (nSPS) is 28.5. The summed E-state index contributed by atoms with van der Waals surface area (Å²) >= 11 is 0. The van der Waals surface area contributed by atoms with Gasteiger partial charge in [-0.05, 0) is 58.6 Å². The molecule has 8 nitrogen and oxygen atoms in total. The summed E-state index contributed by atoms with van der Waals surface area (Å²) in [7, 11) is 0. The van der Waals surface area contributed by atoms with Crippen LogP contribution in [-0.2, 0) is 4.74 Å². The van der Waals surface area contributed by atoms with Gasteiger partial charge in [0.15, 0.2) is 0 Å². The zero-order valence-electron chi connectivity index (χ0n) is 19.7. The van der Waals surface area contributed by atoms with Crippen molar-refractivity contribution in [1.29, 1.82) is 0 Å². The molecule has 1 saturated carbocycles. The van der Waals surface area contributed by atoms with Crippen LogP contribution in [0.5, 0.6) is 0 Å². The summed E-state index contributed by atoms with van der Waals surface area (Å²) in [5, 5.41) is 0. The molecule has 2 amide bonds. The van der Waals surface area contributed by atoms with Gasteiger partial charge < -0.3 is 14.5 Å². The molecule has 33 heavy (non-hydrogen) atoms. The fraction of sp³-hybridized carbons (Fsp3) is 0.560. The number of hydrogen-bond acceptors (Lipinski definition) is 6. The summed E-state index contributed by atoms with van der Waals surface area (Å²) in [6.07, 6.45) is 8.36. The Balaban J connectivity index is 1.46. The van der Waals surface area contributed by atoms with Crippen LogP contribution in [-0.4, -0.2) is 67.0 Å². The lowest BCUT2D eigenvalue weighted by Crippen LogP contribution is -2.58. The number of fused-ring (bicyclic) bond motifs is 1. The Hall–Kier alpha value is -3.03. The Morgan fingerprint density at radius 3 is 2.58 bits per heavy atom. The number of carbonyl (C=O) groups is 2. The highest BCUT2D eigenvalue weighted by Crippen LogP contribution is 2.54.